The molecule has 0 amide bonds. The van der Waals surface area contributed by atoms with Crippen molar-refractivity contribution in [2.45, 2.75) is 5.79 Å². The molecule has 0 aliphatic rings. The van der Waals surface area contributed by atoms with Gasteiger partial charge in [-0.15, -0.1) is 0 Å². The van der Waals surface area contributed by atoms with Gasteiger partial charge in [0.25, 0.3) is 0 Å². The third-order valence-electron chi connectivity index (χ3n) is 2.56. The van der Waals surface area contributed by atoms with Crippen LogP contribution in [0.25, 0.3) is 0 Å². The van der Waals surface area contributed by atoms with Gasteiger partial charge in [-0.05, 0) is 12.1 Å². The summed E-state index contributed by atoms with van der Waals surface area (Å²) in [4.78, 5) is 11.4. The molecule has 0 heterocycles. The Morgan fingerprint density at radius 1 is 1.29 bits per heavy atom. The molecule has 0 aliphatic carbocycles. The van der Waals surface area contributed by atoms with Gasteiger partial charge in [0.1, 0.15) is 0 Å². The van der Waals surface area contributed by atoms with Gasteiger partial charge in [-0.3, -0.25) is 0 Å². The van der Waals surface area contributed by atoms with Crippen LogP contribution in [0.1, 0.15) is 15.9 Å². The lowest BCUT2D eigenvalue weighted by molar-refractivity contribution is -0.197. The Hall–Kier alpha value is -0.910. The van der Waals surface area contributed by atoms with Crippen LogP contribution in [0.4, 0.5) is 0 Å². The van der Waals surface area contributed by atoms with E-state index in [9.17, 15) is 4.79 Å². The molecule has 0 spiro atoms. The molecule has 0 aromatic heterocycles. The molecule has 0 unspecified atom stereocenters. The number of benzene rings is 1. The number of ether oxygens (including phenoxy) is 3. The van der Waals surface area contributed by atoms with E-state index < -0.39 is 5.79 Å². The van der Waals surface area contributed by atoms with E-state index in [2.05, 4.69) is 20.7 Å². The minimum Gasteiger partial charge on any atom is -0.465 e. The molecule has 1 rings (SSSR count). The lowest BCUT2D eigenvalue weighted by Gasteiger charge is -2.29. The van der Waals surface area contributed by atoms with Crippen molar-refractivity contribution >= 4 is 21.9 Å². The molecule has 0 radical (unpaired) electrons. The van der Waals surface area contributed by atoms with Gasteiger partial charge >= 0.3 is 5.97 Å². The Morgan fingerprint density at radius 2 is 1.94 bits per heavy atom. The number of rotatable bonds is 5. The van der Waals surface area contributed by atoms with Gasteiger partial charge in [-0.2, -0.15) is 0 Å². The van der Waals surface area contributed by atoms with Crippen LogP contribution in [-0.2, 0) is 20.0 Å². The Labute approximate surface area is 109 Å². The van der Waals surface area contributed by atoms with Gasteiger partial charge < -0.3 is 14.2 Å². The van der Waals surface area contributed by atoms with Crippen molar-refractivity contribution in [2.75, 3.05) is 26.7 Å². The minimum atomic E-state index is -0.899. The van der Waals surface area contributed by atoms with Crippen LogP contribution >= 0.6 is 15.9 Å². The fourth-order valence-electron chi connectivity index (χ4n) is 1.51. The first kappa shape index (κ1) is 14.2. The van der Waals surface area contributed by atoms with E-state index in [1.54, 1.807) is 32.4 Å². The average molecular weight is 303 g/mol. The van der Waals surface area contributed by atoms with Crippen LogP contribution in [0.5, 0.6) is 0 Å². The maximum atomic E-state index is 11.4. The summed E-state index contributed by atoms with van der Waals surface area (Å²) in [5, 5.41) is 0.456. The van der Waals surface area contributed by atoms with Gasteiger partial charge in [-0.1, -0.05) is 28.1 Å². The number of alkyl halides is 1. The van der Waals surface area contributed by atoms with E-state index in [4.69, 9.17) is 9.47 Å². The molecule has 0 N–H and O–H groups in total. The molecule has 17 heavy (non-hydrogen) atoms. The maximum Gasteiger partial charge on any atom is 0.337 e. The summed E-state index contributed by atoms with van der Waals surface area (Å²) >= 11 is 3.34. The zero-order valence-electron chi connectivity index (χ0n) is 10.0. The number of halogens is 1. The van der Waals surface area contributed by atoms with Crippen LogP contribution in [0.3, 0.4) is 0 Å². The number of hydrogen-bond acceptors (Lipinski definition) is 4. The van der Waals surface area contributed by atoms with E-state index in [-0.39, 0.29) is 5.97 Å². The molecule has 5 heteroatoms. The second-order valence-corrected chi connectivity index (χ2v) is 3.93. The van der Waals surface area contributed by atoms with Crippen molar-refractivity contribution in [1.82, 2.24) is 0 Å². The van der Waals surface area contributed by atoms with Crippen LogP contribution in [0.15, 0.2) is 24.3 Å². The largest absolute Gasteiger partial charge is 0.465 e. The zero-order chi connectivity index (χ0) is 12.9. The number of methoxy groups -OCH3 is 3. The quantitative estimate of drug-likeness (QED) is 0.476. The molecule has 0 saturated carbocycles. The molecule has 0 atom stereocenters. The van der Waals surface area contributed by atoms with E-state index in [0.717, 1.165) is 5.56 Å². The molecule has 4 nitrogen and oxygen atoms in total. The molecule has 0 saturated heterocycles. The van der Waals surface area contributed by atoms with Gasteiger partial charge in [0.05, 0.1) is 18.0 Å². The van der Waals surface area contributed by atoms with E-state index in [1.807, 2.05) is 6.07 Å². The predicted molar refractivity (Wildman–Crippen MR) is 67.3 cm³/mol. The van der Waals surface area contributed by atoms with E-state index in [1.165, 1.54) is 7.11 Å². The number of hydrogen-bond donors (Lipinski definition) is 0. The first-order valence-corrected chi connectivity index (χ1v) is 6.10. The minimum absolute atomic E-state index is 0.387. The average Bonchev–Trinajstić information content (AvgIpc) is 2.41. The highest BCUT2D eigenvalue weighted by Crippen LogP contribution is 2.28. The van der Waals surface area contributed by atoms with Gasteiger partial charge in [0.2, 0.25) is 5.79 Å². The number of carbonyl (C=O) groups is 1. The highest BCUT2D eigenvalue weighted by atomic mass is 79.9. The maximum absolute atomic E-state index is 11.4. The second-order valence-electron chi connectivity index (χ2n) is 3.37. The van der Waals surface area contributed by atoms with Crippen molar-refractivity contribution in [1.29, 1.82) is 0 Å². The molecule has 94 valence electrons. The topological polar surface area (TPSA) is 44.8 Å². The van der Waals surface area contributed by atoms with Crippen LogP contribution in [0, 0.1) is 0 Å². The van der Waals surface area contributed by atoms with Gasteiger partial charge in [-0.25, -0.2) is 4.79 Å². The first-order valence-electron chi connectivity index (χ1n) is 4.98. The highest BCUT2D eigenvalue weighted by molar-refractivity contribution is 9.09. The Bertz CT molecular complexity index is 380. The third kappa shape index (κ3) is 2.86. The van der Waals surface area contributed by atoms with Crippen molar-refractivity contribution in [3.05, 3.63) is 35.4 Å². The van der Waals surface area contributed by atoms with Crippen molar-refractivity contribution in [2.24, 2.45) is 0 Å². The van der Waals surface area contributed by atoms with Crippen molar-refractivity contribution < 1.29 is 19.0 Å². The van der Waals surface area contributed by atoms with E-state index >= 15 is 0 Å². The van der Waals surface area contributed by atoms with Crippen molar-refractivity contribution in [3.63, 3.8) is 0 Å². The van der Waals surface area contributed by atoms with E-state index in [0.29, 0.717) is 10.9 Å². The molecule has 0 aliphatic heterocycles. The summed E-state index contributed by atoms with van der Waals surface area (Å²) in [6.07, 6.45) is 0. The normalized spacial score (nSPS) is 11.3. The molecule has 1 aromatic rings. The smallest absolute Gasteiger partial charge is 0.337 e. The number of esters is 1. The molecular formula is C12H15BrO4. The van der Waals surface area contributed by atoms with Crippen LogP contribution in [0.2, 0.25) is 0 Å². The Kier molecular flexibility index (Phi) is 5.11. The summed E-state index contributed by atoms with van der Waals surface area (Å²) in [7, 11) is 4.45. The lowest BCUT2D eigenvalue weighted by atomic mass is 10.0. The summed E-state index contributed by atoms with van der Waals surface area (Å²) in [6, 6.07) is 6.97. The summed E-state index contributed by atoms with van der Waals surface area (Å²) in [6.45, 7) is 0. The molecular weight excluding hydrogens is 288 g/mol. The number of carbonyl (C=O) groups excluding carboxylic acids is 1. The third-order valence-corrected chi connectivity index (χ3v) is 3.30. The van der Waals surface area contributed by atoms with Gasteiger partial charge in [0.15, 0.2) is 0 Å². The molecule has 0 fully saturated rings. The standard InChI is InChI=1S/C12H15BrO4/c1-15-11(14)9-5-4-6-10(7-9)12(8-13,16-2)17-3/h4-7H,8H2,1-3H3. The predicted octanol–water partition coefficient (Wildman–Crippen LogP) is 2.31. The highest BCUT2D eigenvalue weighted by Gasteiger charge is 2.31. The fourth-order valence-corrected chi connectivity index (χ4v) is 2.29. The molecule has 1 aromatic carbocycles. The zero-order valence-corrected chi connectivity index (χ0v) is 11.6. The first-order chi connectivity index (χ1) is 8.13. The fraction of sp³-hybridized carbons (Fsp3) is 0.417. The Morgan fingerprint density at radius 3 is 2.41 bits per heavy atom. The lowest BCUT2D eigenvalue weighted by Crippen LogP contribution is -2.32. The summed E-state index contributed by atoms with van der Waals surface area (Å²) < 4.78 is 15.4. The van der Waals surface area contributed by atoms with Crippen molar-refractivity contribution in [3.8, 4) is 0 Å². The molecule has 0 bridgehead atoms. The van der Waals surface area contributed by atoms with Crippen LogP contribution < -0.4 is 0 Å². The second kappa shape index (κ2) is 6.14. The van der Waals surface area contributed by atoms with Gasteiger partial charge in [0, 0.05) is 19.8 Å². The Balaban J connectivity index is 3.17. The SMILES string of the molecule is COC(=O)c1cccc(C(CBr)(OC)OC)c1. The monoisotopic (exact) mass is 302 g/mol. The summed E-state index contributed by atoms with van der Waals surface area (Å²) in [5.74, 6) is -1.29. The van der Waals surface area contributed by atoms with Crippen LogP contribution in [-0.4, -0.2) is 32.6 Å². The summed E-state index contributed by atoms with van der Waals surface area (Å²) in [5.41, 5.74) is 1.21.